The zero-order valence-electron chi connectivity index (χ0n) is 17.1. The Morgan fingerprint density at radius 1 is 0.844 bits per heavy atom. The Labute approximate surface area is 182 Å². The number of aliphatic hydroxyl groups is 1. The zero-order valence-corrected chi connectivity index (χ0v) is 17.1. The predicted octanol–water partition coefficient (Wildman–Crippen LogP) is 3.81. The molecule has 0 aliphatic carbocycles. The van der Waals surface area contributed by atoms with Crippen LogP contribution in [-0.2, 0) is 10.4 Å². The fraction of sp³-hybridized carbons (Fsp3) is 0.364. The quantitative estimate of drug-likeness (QED) is 0.189. The van der Waals surface area contributed by atoms with Crippen molar-refractivity contribution >= 4 is 11.8 Å². The maximum Gasteiger partial charge on any atom is 0.425 e. The lowest BCUT2D eigenvalue weighted by molar-refractivity contribution is -0.248. The molecule has 0 aromatic heterocycles. The minimum Gasteiger partial charge on any atom is -0.372 e. The highest BCUT2D eigenvalue weighted by Crippen LogP contribution is 2.44. The van der Waals surface area contributed by atoms with Gasteiger partial charge in [-0.15, -0.1) is 0 Å². The molecule has 32 heavy (non-hydrogen) atoms. The van der Waals surface area contributed by atoms with Crippen LogP contribution in [0.2, 0.25) is 0 Å². The zero-order chi connectivity index (χ0) is 23.8. The molecule has 0 saturated heterocycles. The van der Waals surface area contributed by atoms with Gasteiger partial charge in [0.1, 0.15) is 5.82 Å². The van der Waals surface area contributed by atoms with E-state index >= 15 is 0 Å². The van der Waals surface area contributed by atoms with Crippen LogP contribution in [0.1, 0.15) is 53.6 Å². The largest absolute Gasteiger partial charge is 0.425 e. The number of hydrogen-bond donors (Lipinski definition) is 4. The summed E-state index contributed by atoms with van der Waals surface area (Å²) in [6, 6.07) is 7.76. The van der Waals surface area contributed by atoms with Crippen LogP contribution in [0.5, 0.6) is 0 Å². The number of rotatable bonds is 10. The van der Waals surface area contributed by atoms with Gasteiger partial charge in [-0.3, -0.25) is 14.8 Å². The number of hydrogen-bond acceptors (Lipinski definition) is 4. The van der Waals surface area contributed by atoms with Gasteiger partial charge in [-0.2, -0.15) is 13.2 Å². The van der Waals surface area contributed by atoms with Crippen molar-refractivity contribution in [3.8, 4) is 0 Å². The van der Waals surface area contributed by atoms with E-state index < -0.39 is 40.5 Å². The van der Waals surface area contributed by atoms with Gasteiger partial charge >= 0.3 is 6.18 Å². The van der Waals surface area contributed by atoms with Crippen LogP contribution in [0.3, 0.4) is 0 Å². The molecule has 0 spiro atoms. The maximum absolute atomic E-state index is 13.7. The lowest BCUT2D eigenvalue weighted by atomic mass is 9.85. The number of hydroxylamine groups is 1. The third-order valence-electron chi connectivity index (χ3n) is 4.98. The van der Waals surface area contributed by atoms with Crippen LogP contribution in [0, 0.1) is 5.82 Å². The van der Waals surface area contributed by atoms with E-state index in [4.69, 9.17) is 5.21 Å². The third kappa shape index (κ3) is 6.27. The molecule has 1 atom stereocenters. The second kappa shape index (κ2) is 11.1. The summed E-state index contributed by atoms with van der Waals surface area (Å²) in [5.74, 6) is -1.67. The Hall–Kier alpha value is -2.98. The third-order valence-corrected chi connectivity index (χ3v) is 4.98. The van der Waals surface area contributed by atoms with Crippen molar-refractivity contribution in [3.63, 3.8) is 0 Å². The van der Waals surface area contributed by atoms with Crippen molar-refractivity contribution in [1.29, 1.82) is 0 Å². The fourth-order valence-electron chi connectivity index (χ4n) is 3.17. The molecule has 0 saturated carbocycles. The van der Waals surface area contributed by atoms with Gasteiger partial charge in [0.15, 0.2) is 0 Å². The van der Waals surface area contributed by atoms with Crippen LogP contribution in [0.15, 0.2) is 48.5 Å². The van der Waals surface area contributed by atoms with Crippen molar-refractivity contribution in [2.45, 2.75) is 43.9 Å². The van der Waals surface area contributed by atoms with Crippen molar-refractivity contribution in [1.82, 2.24) is 10.8 Å². The van der Waals surface area contributed by atoms with Crippen molar-refractivity contribution in [3.05, 3.63) is 71.0 Å². The summed E-state index contributed by atoms with van der Waals surface area (Å²) in [5, 5.41) is 21.6. The molecule has 2 aromatic rings. The van der Waals surface area contributed by atoms with E-state index in [-0.39, 0.29) is 12.0 Å². The van der Waals surface area contributed by atoms with Gasteiger partial charge in [0.25, 0.3) is 5.91 Å². The van der Waals surface area contributed by atoms with Gasteiger partial charge < -0.3 is 10.4 Å². The molecule has 0 aliphatic heterocycles. The van der Waals surface area contributed by atoms with Crippen LogP contribution >= 0.6 is 0 Å². The Morgan fingerprint density at radius 3 is 1.91 bits per heavy atom. The van der Waals surface area contributed by atoms with E-state index in [0.29, 0.717) is 19.4 Å². The second-order valence-corrected chi connectivity index (χ2v) is 7.25. The van der Waals surface area contributed by atoms with Crippen molar-refractivity contribution in [2.75, 3.05) is 6.54 Å². The maximum atomic E-state index is 13.7. The molecule has 2 amide bonds. The number of carbonyl (C=O) groups excluding carboxylic acids is 2. The molecule has 0 aliphatic rings. The smallest absolute Gasteiger partial charge is 0.372 e. The average molecular weight is 456 g/mol. The molecule has 0 bridgehead atoms. The van der Waals surface area contributed by atoms with Gasteiger partial charge in [0, 0.05) is 18.5 Å². The van der Waals surface area contributed by atoms with E-state index in [2.05, 4.69) is 5.32 Å². The lowest BCUT2D eigenvalue weighted by Gasteiger charge is -2.31. The lowest BCUT2D eigenvalue weighted by Crippen LogP contribution is -2.43. The summed E-state index contributed by atoms with van der Waals surface area (Å²) in [5.41, 5.74) is -2.73. The molecule has 2 rings (SSSR count). The first kappa shape index (κ1) is 25.3. The Bertz CT molecular complexity index is 902. The number of amides is 2. The van der Waals surface area contributed by atoms with Crippen LogP contribution < -0.4 is 10.8 Å². The molecule has 6 nitrogen and oxygen atoms in total. The molecule has 4 N–H and O–H groups in total. The van der Waals surface area contributed by atoms with Crippen LogP contribution in [-0.4, -0.2) is 34.8 Å². The summed E-state index contributed by atoms with van der Waals surface area (Å²) in [4.78, 5) is 23.1. The first-order valence-corrected chi connectivity index (χ1v) is 9.96. The van der Waals surface area contributed by atoms with Crippen LogP contribution in [0.25, 0.3) is 0 Å². The molecular weight excluding hydrogens is 432 g/mol. The summed E-state index contributed by atoms with van der Waals surface area (Å²) in [6.45, 7) is 0.342. The topological polar surface area (TPSA) is 98.7 Å². The second-order valence-electron chi connectivity index (χ2n) is 7.25. The molecule has 2 aromatic carbocycles. The number of benzene rings is 2. The number of halogens is 4. The average Bonchev–Trinajstić information content (AvgIpc) is 2.77. The van der Waals surface area contributed by atoms with Crippen LogP contribution in [0.4, 0.5) is 17.6 Å². The Kier molecular flexibility index (Phi) is 8.73. The van der Waals surface area contributed by atoms with Gasteiger partial charge in [-0.05, 0) is 48.2 Å². The first-order valence-electron chi connectivity index (χ1n) is 9.96. The monoisotopic (exact) mass is 456 g/mol. The van der Waals surface area contributed by atoms with E-state index in [1.165, 1.54) is 12.1 Å². The highest BCUT2D eigenvalue weighted by atomic mass is 19.4. The summed E-state index contributed by atoms with van der Waals surface area (Å²) in [7, 11) is 0. The summed E-state index contributed by atoms with van der Waals surface area (Å²) >= 11 is 0. The first-order chi connectivity index (χ1) is 15.1. The molecule has 174 valence electrons. The highest BCUT2D eigenvalue weighted by Gasteiger charge is 2.56. The molecule has 0 fully saturated rings. The van der Waals surface area contributed by atoms with Gasteiger partial charge in [0.05, 0.1) is 0 Å². The number of carbonyl (C=O) groups is 2. The molecule has 0 radical (unpaired) electrons. The number of nitrogens with one attached hydrogen (secondary N) is 2. The van der Waals surface area contributed by atoms with Crippen molar-refractivity contribution in [2.24, 2.45) is 0 Å². The predicted molar refractivity (Wildman–Crippen MR) is 107 cm³/mol. The van der Waals surface area contributed by atoms with E-state index in [1.807, 2.05) is 0 Å². The minimum atomic E-state index is -5.08. The standard InChI is InChI=1S/C22H24F4N2O4/c23-18-12-10-17(11-13-18)21(31,22(24,25)26)16-8-6-15(7-9-16)20(30)27-14-4-2-1-3-5-19(29)28-32/h6-13,31-32H,1-5,14H2,(H,27,30)(H,28,29). The van der Waals surface area contributed by atoms with Crippen molar-refractivity contribution < 1.29 is 37.5 Å². The summed E-state index contributed by atoms with van der Waals surface area (Å²) < 4.78 is 54.3. The Morgan fingerprint density at radius 2 is 1.38 bits per heavy atom. The number of unbranched alkanes of at least 4 members (excludes halogenated alkanes) is 3. The highest BCUT2D eigenvalue weighted by molar-refractivity contribution is 5.94. The van der Waals surface area contributed by atoms with E-state index in [1.54, 1.807) is 5.48 Å². The van der Waals surface area contributed by atoms with E-state index in [9.17, 15) is 32.3 Å². The Balaban J connectivity index is 1.98. The fourth-order valence-corrected chi connectivity index (χ4v) is 3.17. The minimum absolute atomic E-state index is 0.122. The van der Waals surface area contributed by atoms with E-state index in [0.717, 1.165) is 49.2 Å². The molecular formula is C22H24F4N2O4. The molecule has 0 heterocycles. The molecule has 1 unspecified atom stereocenters. The van der Waals surface area contributed by atoms with Gasteiger partial charge in [-0.1, -0.05) is 37.1 Å². The van der Waals surface area contributed by atoms with Gasteiger partial charge in [0.2, 0.25) is 11.5 Å². The normalized spacial score (nSPS) is 13.3. The molecule has 10 heteroatoms. The summed E-state index contributed by atoms with van der Waals surface area (Å²) in [6.07, 6.45) is -2.16. The SMILES string of the molecule is O=C(CCCCCCNC(=O)c1ccc(C(O)(c2ccc(F)cc2)C(F)(F)F)cc1)NO. The van der Waals surface area contributed by atoms with Gasteiger partial charge in [-0.25, -0.2) is 9.87 Å². The number of alkyl halides is 3.